The predicted octanol–water partition coefficient (Wildman–Crippen LogP) is 4.36. The molecular formula is C22H28O3. The number of hydrogen-bond acceptors (Lipinski definition) is 3. The Labute approximate surface area is 150 Å². The molecule has 0 saturated heterocycles. The van der Waals surface area contributed by atoms with Gasteiger partial charge in [0.15, 0.2) is 0 Å². The molecule has 0 aliphatic rings. The summed E-state index contributed by atoms with van der Waals surface area (Å²) in [6, 6.07) is 20.1. The average Bonchev–Trinajstić information content (AvgIpc) is 2.63. The summed E-state index contributed by atoms with van der Waals surface area (Å²) in [4.78, 5) is 0. The largest absolute Gasteiger partial charge is 0.390 e. The number of rotatable bonds is 11. The first-order valence-corrected chi connectivity index (χ1v) is 8.82. The number of hydrogen-bond donors (Lipinski definition) is 1. The fourth-order valence-corrected chi connectivity index (χ4v) is 2.42. The van der Waals surface area contributed by atoms with Crippen LogP contribution < -0.4 is 0 Å². The molecule has 134 valence electrons. The molecule has 0 amide bonds. The van der Waals surface area contributed by atoms with Crippen LogP contribution in [0.4, 0.5) is 0 Å². The van der Waals surface area contributed by atoms with E-state index in [1.165, 1.54) is 5.56 Å². The highest BCUT2D eigenvalue weighted by atomic mass is 16.5. The van der Waals surface area contributed by atoms with Gasteiger partial charge in [-0.1, -0.05) is 79.7 Å². The lowest BCUT2D eigenvalue weighted by atomic mass is 10.1. The molecule has 25 heavy (non-hydrogen) atoms. The number of aliphatic hydroxyl groups excluding tert-OH is 1. The maximum atomic E-state index is 9.96. The lowest BCUT2D eigenvalue weighted by Crippen LogP contribution is -2.14. The van der Waals surface area contributed by atoms with Crippen LogP contribution in [0.15, 0.2) is 72.8 Å². The molecule has 3 nitrogen and oxygen atoms in total. The minimum absolute atomic E-state index is 0.321. The Bertz CT molecular complexity index is 595. The van der Waals surface area contributed by atoms with Crippen molar-refractivity contribution in [3.8, 4) is 0 Å². The molecule has 2 aromatic carbocycles. The summed E-state index contributed by atoms with van der Waals surface area (Å²) in [6.07, 6.45) is 4.22. The van der Waals surface area contributed by atoms with Crippen molar-refractivity contribution in [2.24, 2.45) is 5.92 Å². The molecule has 0 bridgehead atoms. The van der Waals surface area contributed by atoms with Crippen molar-refractivity contribution in [2.45, 2.75) is 32.7 Å². The van der Waals surface area contributed by atoms with Gasteiger partial charge in [0.05, 0.1) is 32.5 Å². The highest BCUT2D eigenvalue weighted by molar-refractivity contribution is 5.14. The summed E-state index contributed by atoms with van der Waals surface area (Å²) in [6.45, 7) is 4.30. The maximum absolute atomic E-state index is 9.96. The van der Waals surface area contributed by atoms with E-state index in [4.69, 9.17) is 9.47 Å². The topological polar surface area (TPSA) is 38.7 Å². The van der Waals surface area contributed by atoms with Gasteiger partial charge < -0.3 is 14.6 Å². The van der Waals surface area contributed by atoms with Crippen LogP contribution in [-0.2, 0) is 22.7 Å². The Morgan fingerprint density at radius 3 is 1.92 bits per heavy atom. The Morgan fingerprint density at radius 1 is 0.840 bits per heavy atom. The van der Waals surface area contributed by atoms with Crippen molar-refractivity contribution in [3.63, 3.8) is 0 Å². The monoisotopic (exact) mass is 340 g/mol. The van der Waals surface area contributed by atoms with Crippen LogP contribution in [0.25, 0.3) is 0 Å². The lowest BCUT2D eigenvalue weighted by Gasteiger charge is -2.10. The molecule has 0 radical (unpaired) electrons. The van der Waals surface area contributed by atoms with Crippen molar-refractivity contribution < 1.29 is 14.6 Å². The Balaban J connectivity index is 1.54. The zero-order valence-electron chi connectivity index (χ0n) is 14.9. The molecule has 0 saturated carbocycles. The molecule has 2 atom stereocenters. The Kier molecular flexibility index (Phi) is 8.98. The van der Waals surface area contributed by atoms with Crippen molar-refractivity contribution in [1.82, 2.24) is 0 Å². The number of ether oxygens (including phenoxy) is 2. The molecule has 2 aromatic rings. The summed E-state index contributed by atoms with van der Waals surface area (Å²) in [5, 5.41) is 9.96. The Morgan fingerprint density at radius 2 is 1.36 bits per heavy atom. The third-order valence-corrected chi connectivity index (χ3v) is 3.79. The highest BCUT2D eigenvalue weighted by Gasteiger charge is 2.03. The van der Waals surface area contributed by atoms with E-state index in [1.54, 1.807) is 0 Å². The van der Waals surface area contributed by atoms with Crippen LogP contribution >= 0.6 is 0 Å². The van der Waals surface area contributed by atoms with Gasteiger partial charge in [0, 0.05) is 0 Å². The fourth-order valence-electron chi connectivity index (χ4n) is 2.42. The lowest BCUT2D eigenvalue weighted by molar-refractivity contribution is 0.0300. The zero-order chi connectivity index (χ0) is 17.7. The average molecular weight is 340 g/mol. The molecule has 0 heterocycles. The van der Waals surface area contributed by atoms with E-state index >= 15 is 0 Å². The van der Waals surface area contributed by atoms with E-state index in [2.05, 4.69) is 25.1 Å². The second-order valence-electron chi connectivity index (χ2n) is 6.30. The second-order valence-corrected chi connectivity index (χ2v) is 6.30. The molecule has 0 spiro atoms. The molecule has 1 N–H and O–H groups in total. The molecule has 0 fully saturated rings. The summed E-state index contributed by atoms with van der Waals surface area (Å²) in [5.41, 5.74) is 2.30. The third-order valence-electron chi connectivity index (χ3n) is 3.79. The van der Waals surface area contributed by atoms with Gasteiger partial charge in [-0.25, -0.2) is 0 Å². The normalized spacial score (nSPS) is 13.8. The highest BCUT2D eigenvalue weighted by Crippen LogP contribution is 2.06. The Hall–Kier alpha value is -1.94. The smallest absolute Gasteiger partial charge is 0.0808 e. The first kappa shape index (κ1) is 19.4. The molecule has 3 heteroatoms. The van der Waals surface area contributed by atoms with E-state index in [1.807, 2.05) is 54.6 Å². The molecule has 0 aliphatic heterocycles. The van der Waals surface area contributed by atoms with E-state index in [0.29, 0.717) is 38.8 Å². The standard InChI is InChI=1S/C22H28O3/c1-19(15-24-16-20-10-4-2-5-11-20)9-8-14-22(23)18-25-17-21-12-6-3-7-13-21/h2-13,19,22-23H,14-18H2,1H3/b9-8-/t19-,22+/m1/s1. The fraction of sp³-hybridized carbons (Fsp3) is 0.364. The van der Waals surface area contributed by atoms with Gasteiger partial charge >= 0.3 is 0 Å². The molecule has 0 aromatic heterocycles. The van der Waals surface area contributed by atoms with Gasteiger partial charge in [-0.3, -0.25) is 0 Å². The molecule has 0 unspecified atom stereocenters. The summed E-state index contributed by atoms with van der Waals surface area (Å²) in [5.74, 6) is 0.321. The van der Waals surface area contributed by atoms with Crippen molar-refractivity contribution in [3.05, 3.63) is 83.9 Å². The quantitative estimate of drug-likeness (QED) is 0.618. The van der Waals surface area contributed by atoms with Crippen LogP contribution in [0.2, 0.25) is 0 Å². The van der Waals surface area contributed by atoms with Crippen LogP contribution in [-0.4, -0.2) is 24.4 Å². The van der Waals surface area contributed by atoms with E-state index in [9.17, 15) is 5.11 Å². The predicted molar refractivity (Wildman–Crippen MR) is 101 cm³/mol. The number of aliphatic hydroxyl groups is 1. The van der Waals surface area contributed by atoms with Crippen LogP contribution in [0.1, 0.15) is 24.5 Å². The van der Waals surface area contributed by atoms with Gasteiger partial charge in [-0.2, -0.15) is 0 Å². The van der Waals surface area contributed by atoms with Crippen LogP contribution in [0.3, 0.4) is 0 Å². The van der Waals surface area contributed by atoms with E-state index < -0.39 is 6.10 Å². The zero-order valence-corrected chi connectivity index (χ0v) is 14.9. The summed E-state index contributed by atoms with van der Waals surface area (Å²) in [7, 11) is 0. The second kappa shape index (κ2) is 11.6. The molecular weight excluding hydrogens is 312 g/mol. The third kappa shape index (κ3) is 8.64. The summed E-state index contributed by atoms with van der Waals surface area (Å²) >= 11 is 0. The van der Waals surface area contributed by atoms with Crippen molar-refractivity contribution >= 4 is 0 Å². The first-order valence-electron chi connectivity index (χ1n) is 8.82. The summed E-state index contributed by atoms with van der Waals surface area (Å²) < 4.78 is 11.3. The van der Waals surface area contributed by atoms with E-state index in [-0.39, 0.29) is 0 Å². The van der Waals surface area contributed by atoms with Crippen molar-refractivity contribution in [2.75, 3.05) is 13.2 Å². The van der Waals surface area contributed by atoms with E-state index in [0.717, 1.165) is 5.56 Å². The van der Waals surface area contributed by atoms with Gasteiger partial charge in [0.2, 0.25) is 0 Å². The van der Waals surface area contributed by atoms with Crippen molar-refractivity contribution in [1.29, 1.82) is 0 Å². The molecule has 0 aliphatic carbocycles. The number of benzene rings is 2. The molecule has 2 rings (SSSR count). The first-order chi connectivity index (χ1) is 12.2. The van der Waals surface area contributed by atoms with Gasteiger partial charge in [-0.05, 0) is 23.5 Å². The maximum Gasteiger partial charge on any atom is 0.0808 e. The van der Waals surface area contributed by atoms with Gasteiger partial charge in [0.25, 0.3) is 0 Å². The van der Waals surface area contributed by atoms with Gasteiger partial charge in [-0.15, -0.1) is 0 Å². The van der Waals surface area contributed by atoms with Crippen LogP contribution in [0, 0.1) is 5.92 Å². The van der Waals surface area contributed by atoms with Crippen LogP contribution in [0.5, 0.6) is 0 Å². The van der Waals surface area contributed by atoms with Gasteiger partial charge in [0.1, 0.15) is 0 Å². The minimum Gasteiger partial charge on any atom is -0.390 e. The SMILES string of the molecule is C[C@H](/C=C\C[C@H](O)COCc1ccccc1)COCc1ccccc1. The minimum atomic E-state index is -0.475.